The minimum atomic E-state index is -0.716. The summed E-state index contributed by atoms with van der Waals surface area (Å²) in [5.74, 6) is 1.07. The van der Waals surface area contributed by atoms with Crippen molar-refractivity contribution >= 4 is 40.8 Å². The van der Waals surface area contributed by atoms with E-state index in [1.165, 1.54) is 6.07 Å². The van der Waals surface area contributed by atoms with Crippen molar-refractivity contribution < 1.29 is 19.1 Å². The van der Waals surface area contributed by atoms with Crippen molar-refractivity contribution in [1.82, 2.24) is 10.2 Å². The first-order chi connectivity index (χ1) is 14.2. The molecule has 0 saturated heterocycles. The summed E-state index contributed by atoms with van der Waals surface area (Å²) in [6.07, 6.45) is 0.627. The smallest absolute Gasteiger partial charge is 0.319 e. The highest BCUT2D eigenvalue weighted by Gasteiger charge is 2.20. The van der Waals surface area contributed by atoms with Crippen LogP contribution in [0.5, 0.6) is 11.5 Å². The van der Waals surface area contributed by atoms with E-state index in [2.05, 4.69) is 10.6 Å². The molecule has 30 heavy (non-hydrogen) atoms. The summed E-state index contributed by atoms with van der Waals surface area (Å²) in [6.45, 7) is 2.10. The van der Waals surface area contributed by atoms with Gasteiger partial charge in [-0.15, -0.1) is 0 Å². The molecule has 0 aliphatic rings. The third-order valence-corrected chi connectivity index (χ3v) is 5.01. The fraction of sp³-hybridized carbons (Fsp3) is 0.333. The molecule has 3 amide bonds. The Morgan fingerprint density at radius 3 is 2.40 bits per heavy atom. The largest absolute Gasteiger partial charge is 0.493 e. The van der Waals surface area contributed by atoms with Crippen LogP contribution in [0.25, 0.3) is 0 Å². The van der Waals surface area contributed by atoms with Gasteiger partial charge in [0.25, 0.3) is 0 Å². The van der Waals surface area contributed by atoms with Crippen molar-refractivity contribution in [2.24, 2.45) is 0 Å². The van der Waals surface area contributed by atoms with Crippen molar-refractivity contribution in [1.29, 1.82) is 0 Å². The van der Waals surface area contributed by atoms with Crippen LogP contribution in [0.4, 0.5) is 10.5 Å². The van der Waals surface area contributed by atoms with Crippen LogP contribution in [0.2, 0.25) is 10.0 Å². The van der Waals surface area contributed by atoms with E-state index in [4.69, 9.17) is 32.7 Å². The number of likely N-dealkylation sites (N-methyl/N-ethyl adjacent to an activating group) is 1. The van der Waals surface area contributed by atoms with Gasteiger partial charge in [0, 0.05) is 18.6 Å². The molecule has 162 valence electrons. The number of halogens is 2. The Morgan fingerprint density at radius 2 is 1.77 bits per heavy atom. The van der Waals surface area contributed by atoms with Gasteiger partial charge in [-0.25, -0.2) is 4.79 Å². The first-order valence-corrected chi connectivity index (χ1v) is 9.99. The lowest BCUT2D eigenvalue weighted by Crippen LogP contribution is -2.47. The van der Waals surface area contributed by atoms with Crippen LogP contribution >= 0.6 is 23.2 Å². The summed E-state index contributed by atoms with van der Waals surface area (Å²) in [6, 6.07) is 9.10. The van der Waals surface area contributed by atoms with E-state index < -0.39 is 12.1 Å². The number of amides is 3. The van der Waals surface area contributed by atoms with Gasteiger partial charge in [0.1, 0.15) is 6.04 Å². The standard InChI is InChI=1S/C21H25Cl2N3O4/c1-13(24-21(28)25-17-7-6-15(22)12-16(17)23)20(27)26(2)10-9-14-5-8-18(29-3)19(11-14)30-4/h5-8,11-13H,9-10H2,1-4H3,(H2,24,25,28). The highest BCUT2D eigenvalue weighted by Crippen LogP contribution is 2.28. The van der Waals surface area contributed by atoms with Crippen LogP contribution in [-0.2, 0) is 11.2 Å². The molecule has 0 radical (unpaired) electrons. The van der Waals surface area contributed by atoms with Gasteiger partial charge in [0.05, 0.1) is 24.9 Å². The second-order valence-electron chi connectivity index (χ2n) is 6.64. The maximum absolute atomic E-state index is 12.6. The second-order valence-corrected chi connectivity index (χ2v) is 7.49. The van der Waals surface area contributed by atoms with Gasteiger partial charge in [-0.05, 0) is 49.2 Å². The summed E-state index contributed by atoms with van der Waals surface area (Å²) >= 11 is 11.9. The van der Waals surface area contributed by atoms with Gasteiger partial charge in [-0.1, -0.05) is 29.3 Å². The average molecular weight is 454 g/mol. The van der Waals surface area contributed by atoms with Crippen molar-refractivity contribution in [3.63, 3.8) is 0 Å². The molecule has 0 aromatic heterocycles. The lowest BCUT2D eigenvalue weighted by atomic mass is 10.1. The minimum absolute atomic E-state index is 0.215. The SMILES string of the molecule is COc1ccc(CCN(C)C(=O)C(C)NC(=O)Nc2ccc(Cl)cc2Cl)cc1OC. The highest BCUT2D eigenvalue weighted by atomic mass is 35.5. The van der Waals surface area contributed by atoms with E-state index in [1.54, 1.807) is 45.2 Å². The molecular weight excluding hydrogens is 429 g/mol. The van der Waals surface area contributed by atoms with E-state index in [-0.39, 0.29) is 5.91 Å². The summed E-state index contributed by atoms with van der Waals surface area (Å²) < 4.78 is 10.5. The van der Waals surface area contributed by atoms with E-state index >= 15 is 0 Å². The number of hydrogen-bond acceptors (Lipinski definition) is 4. The van der Waals surface area contributed by atoms with Crippen LogP contribution < -0.4 is 20.1 Å². The molecule has 9 heteroatoms. The van der Waals surface area contributed by atoms with E-state index in [0.717, 1.165) is 5.56 Å². The van der Waals surface area contributed by atoms with Crippen molar-refractivity contribution in [2.45, 2.75) is 19.4 Å². The number of nitrogens with one attached hydrogen (secondary N) is 2. The Bertz CT molecular complexity index is 908. The van der Waals surface area contributed by atoms with E-state index in [1.807, 2.05) is 18.2 Å². The number of rotatable bonds is 8. The predicted octanol–water partition coefficient (Wildman–Crippen LogP) is 4.22. The zero-order valence-electron chi connectivity index (χ0n) is 17.3. The lowest BCUT2D eigenvalue weighted by molar-refractivity contribution is -0.131. The third kappa shape index (κ3) is 6.43. The summed E-state index contributed by atoms with van der Waals surface area (Å²) in [5.41, 5.74) is 1.41. The van der Waals surface area contributed by atoms with Crippen LogP contribution in [0.1, 0.15) is 12.5 Å². The first-order valence-electron chi connectivity index (χ1n) is 9.23. The number of carbonyl (C=O) groups excluding carboxylic acids is 2. The first kappa shape index (κ1) is 23.6. The molecule has 0 bridgehead atoms. The number of nitrogens with zero attached hydrogens (tertiary/aromatic N) is 1. The second kappa shape index (κ2) is 10.9. The topological polar surface area (TPSA) is 79.9 Å². The molecule has 1 atom stereocenters. The third-order valence-electron chi connectivity index (χ3n) is 4.46. The van der Waals surface area contributed by atoms with Crippen molar-refractivity contribution in [3.05, 3.63) is 52.0 Å². The Kier molecular flexibility index (Phi) is 8.62. The molecule has 2 rings (SSSR count). The zero-order chi connectivity index (χ0) is 22.3. The number of hydrogen-bond donors (Lipinski definition) is 2. The van der Waals surface area contributed by atoms with Gasteiger partial charge in [0.2, 0.25) is 5.91 Å². The van der Waals surface area contributed by atoms with Gasteiger partial charge >= 0.3 is 6.03 Å². The predicted molar refractivity (Wildman–Crippen MR) is 119 cm³/mol. The maximum Gasteiger partial charge on any atom is 0.319 e. The Labute approximate surface area is 186 Å². The summed E-state index contributed by atoms with van der Waals surface area (Å²) in [4.78, 5) is 26.3. The molecule has 0 saturated carbocycles. The van der Waals surface area contributed by atoms with Crippen molar-refractivity contribution in [2.75, 3.05) is 33.1 Å². The normalized spacial score (nSPS) is 11.4. The quantitative estimate of drug-likeness (QED) is 0.626. The number of ether oxygens (including phenoxy) is 2. The highest BCUT2D eigenvalue weighted by molar-refractivity contribution is 6.36. The molecule has 2 N–H and O–H groups in total. The maximum atomic E-state index is 12.6. The molecule has 0 heterocycles. The zero-order valence-corrected chi connectivity index (χ0v) is 18.8. The molecule has 2 aromatic carbocycles. The molecule has 7 nitrogen and oxygen atoms in total. The molecule has 0 fully saturated rings. The van der Waals surface area contributed by atoms with Crippen molar-refractivity contribution in [3.8, 4) is 11.5 Å². The number of anilines is 1. The fourth-order valence-corrected chi connectivity index (χ4v) is 3.24. The lowest BCUT2D eigenvalue weighted by Gasteiger charge is -2.22. The molecule has 0 spiro atoms. The van der Waals surface area contributed by atoms with Crippen LogP contribution in [0, 0.1) is 0 Å². The minimum Gasteiger partial charge on any atom is -0.493 e. The Balaban J connectivity index is 1.88. The molecule has 2 aromatic rings. The van der Waals surface area contributed by atoms with E-state index in [0.29, 0.717) is 40.2 Å². The van der Waals surface area contributed by atoms with Gasteiger partial charge in [-0.2, -0.15) is 0 Å². The number of urea groups is 1. The number of carbonyl (C=O) groups is 2. The van der Waals surface area contributed by atoms with E-state index in [9.17, 15) is 9.59 Å². The van der Waals surface area contributed by atoms with Crippen LogP contribution in [0.3, 0.4) is 0 Å². The summed E-state index contributed by atoms with van der Waals surface area (Å²) in [7, 11) is 4.84. The van der Waals surface area contributed by atoms with Crippen LogP contribution in [-0.4, -0.2) is 50.7 Å². The molecule has 1 unspecified atom stereocenters. The Hall–Kier alpha value is -2.64. The van der Waals surface area contributed by atoms with Gasteiger partial charge in [-0.3, -0.25) is 4.79 Å². The molecule has 0 aliphatic heterocycles. The van der Waals surface area contributed by atoms with Gasteiger partial charge < -0.3 is 25.0 Å². The van der Waals surface area contributed by atoms with Gasteiger partial charge in [0.15, 0.2) is 11.5 Å². The fourth-order valence-electron chi connectivity index (χ4n) is 2.78. The molecular formula is C21H25Cl2N3O4. The average Bonchev–Trinajstić information content (AvgIpc) is 2.73. The molecule has 0 aliphatic carbocycles. The number of methoxy groups -OCH3 is 2. The number of benzene rings is 2. The Morgan fingerprint density at radius 1 is 1.07 bits per heavy atom. The van der Waals surface area contributed by atoms with Crippen LogP contribution in [0.15, 0.2) is 36.4 Å². The summed E-state index contributed by atoms with van der Waals surface area (Å²) in [5, 5.41) is 5.99. The monoisotopic (exact) mass is 453 g/mol.